The minimum absolute atomic E-state index is 0.309. The number of rotatable bonds is 6. The van der Waals surface area contributed by atoms with Gasteiger partial charge in [-0.2, -0.15) is 0 Å². The molecular weight excluding hydrogens is 211 g/mol. The molecule has 1 unspecified atom stereocenters. The Hall–Kier alpha value is 0.150. The number of epoxide rings is 1. The third kappa shape index (κ3) is 3.30. The third-order valence-corrected chi connectivity index (χ3v) is 5.20. The lowest BCUT2D eigenvalue weighted by atomic mass is 10.3. The zero-order valence-corrected chi connectivity index (χ0v) is 10.5. The van der Waals surface area contributed by atoms with Crippen molar-refractivity contribution in [1.29, 1.82) is 0 Å². The maximum atomic E-state index is 12.1. The molecule has 0 amide bonds. The van der Waals surface area contributed by atoms with Gasteiger partial charge in [0.15, 0.2) is 0 Å². The van der Waals surface area contributed by atoms with E-state index < -0.39 is 7.14 Å². The molecule has 15 heavy (non-hydrogen) atoms. The van der Waals surface area contributed by atoms with Crippen LogP contribution >= 0.6 is 7.14 Å². The molecule has 0 bridgehead atoms. The zero-order chi connectivity index (χ0) is 10.9. The molecule has 1 saturated heterocycles. The lowest BCUT2D eigenvalue weighted by Gasteiger charge is -2.17. The van der Waals surface area contributed by atoms with Gasteiger partial charge in [-0.15, -0.1) is 0 Å². The van der Waals surface area contributed by atoms with Crippen LogP contribution < -0.4 is 0 Å². The summed E-state index contributed by atoms with van der Waals surface area (Å²) in [7, 11) is -2.03. The van der Waals surface area contributed by atoms with Gasteiger partial charge in [-0.25, -0.2) is 0 Å². The molecule has 2 fully saturated rings. The van der Waals surface area contributed by atoms with Crippen LogP contribution in [0.2, 0.25) is 0 Å². The molecule has 2 aliphatic rings. The van der Waals surface area contributed by atoms with Gasteiger partial charge in [-0.3, -0.25) is 0 Å². The first kappa shape index (κ1) is 11.6. The minimum atomic E-state index is -2.03. The van der Waals surface area contributed by atoms with Gasteiger partial charge < -0.3 is 14.0 Å². The minimum Gasteiger partial charge on any atom is -0.370 e. The molecule has 0 aromatic heterocycles. The Bertz CT molecular complexity index is 257. The van der Waals surface area contributed by atoms with Crippen molar-refractivity contribution in [1.82, 2.24) is 0 Å². The molecule has 1 aliphatic carbocycles. The monoisotopic (exact) mass is 232 g/mol. The summed E-state index contributed by atoms with van der Waals surface area (Å²) in [6.45, 7) is 4.00. The summed E-state index contributed by atoms with van der Waals surface area (Å²) in [5.74, 6) is 0. The van der Waals surface area contributed by atoms with E-state index in [0.29, 0.717) is 24.7 Å². The first-order valence-corrected chi connectivity index (χ1v) is 8.46. The van der Waals surface area contributed by atoms with E-state index in [1.807, 2.05) is 6.66 Å². The van der Waals surface area contributed by atoms with Crippen molar-refractivity contribution in [2.75, 3.05) is 19.2 Å². The van der Waals surface area contributed by atoms with Crippen LogP contribution in [0.15, 0.2) is 0 Å². The Morgan fingerprint density at radius 2 is 2.07 bits per heavy atom. The molecule has 1 saturated carbocycles. The van der Waals surface area contributed by atoms with Crippen LogP contribution in [0.5, 0.6) is 0 Å². The fourth-order valence-electron chi connectivity index (χ4n) is 2.16. The Kier molecular flexibility index (Phi) is 3.54. The van der Waals surface area contributed by atoms with Gasteiger partial charge in [0.2, 0.25) is 0 Å². The van der Waals surface area contributed by atoms with Crippen molar-refractivity contribution >= 4 is 7.14 Å². The fraction of sp³-hybridized carbons (Fsp3) is 1.00. The maximum Gasteiger partial charge on any atom is 0.109 e. The van der Waals surface area contributed by atoms with Crippen molar-refractivity contribution in [3.05, 3.63) is 0 Å². The summed E-state index contributed by atoms with van der Waals surface area (Å²) in [4.78, 5) is 0. The van der Waals surface area contributed by atoms with E-state index in [0.717, 1.165) is 31.8 Å². The smallest absolute Gasteiger partial charge is 0.109 e. The molecule has 1 heterocycles. The average molecular weight is 232 g/mol. The van der Waals surface area contributed by atoms with Gasteiger partial charge >= 0.3 is 0 Å². The molecular formula is C11H21O3P. The fourth-order valence-corrected chi connectivity index (χ4v) is 3.80. The lowest BCUT2D eigenvalue weighted by molar-refractivity contribution is 0.0604. The molecule has 0 aromatic carbocycles. The highest BCUT2D eigenvalue weighted by Gasteiger charge is 2.48. The second-order valence-corrected chi connectivity index (χ2v) is 8.28. The Labute approximate surface area is 91.9 Å². The second kappa shape index (κ2) is 4.57. The standard InChI is InChI=1S/C11H21O3P/c1-3-4-5-15(2,12)8-13-9-6-10-11(7-9)14-10/h9-11H,3-8H2,1-2H3/t9-,10-,11+,15?. The number of hydrogen-bond donors (Lipinski definition) is 0. The van der Waals surface area contributed by atoms with Crippen molar-refractivity contribution in [2.24, 2.45) is 0 Å². The zero-order valence-electron chi connectivity index (χ0n) is 9.65. The average Bonchev–Trinajstić information content (AvgIpc) is 2.81. The summed E-state index contributed by atoms with van der Waals surface area (Å²) < 4.78 is 23.1. The Morgan fingerprint density at radius 1 is 1.40 bits per heavy atom. The number of hydrogen-bond acceptors (Lipinski definition) is 3. The first-order chi connectivity index (χ1) is 7.11. The van der Waals surface area contributed by atoms with Crippen LogP contribution in [-0.4, -0.2) is 37.5 Å². The number of fused-ring (bicyclic) bond motifs is 1. The quantitative estimate of drug-likeness (QED) is 0.522. The van der Waals surface area contributed by atoms with Gasteiger partial charge in [0.05, 0.1) is 24.7 Å². The predicted octanol–water partition coefficient (Wildman–Crippen LogP) is 2.68. The van der Waals surface area contributed by atoms with E-state index in [1.165, 1.54) is 0 Å². The Morgan fingerprint density at radius 3 is 2.67 bits per heavy atom. The molecule has 0 spiro atoms. The van der Waals surface area contributed by atoms with Crippen molar-refractivity contribution in [3.8, 4) is 0 Å². The van der Waals surface area contributed by atoms with E-state index in [9.17, 15) is 4.57 Å². The van der Waals surface area contributed by atoms with Crippen LogP contribution in [0.3, 0.4) is 0 Å². The molecule has 0 N–H and O–H groups in total. The van der Waals surface area contributed by atoms with E-state index in [4.69, 9.17) is 9.47 Å². The maximum absolute atomic E-state index is 12.1. The topological polar surface area (TPSA) is 38.8 Å². The lowest BCUT2D eigenvalue weighted by Crippen LogP contribution is -2.13. The van der Waals surface area contributed by atoms with E-state index in [1.54, 1.807) is 0 Å². The summed E-state index contributed by atoms with van der Waals surface area (Å²) in [6, 6.07) is 0. The van der Waals surface area contributed by atoms with Crippen LogP contribution in [0, 0.1) is 0 Å². The number of ether oxygens (including phenoxy) is 2. The van der Waals surface area contributed by atoms with Crippen LogP contribution in [-0.2, 0) is 14.0 Å². The van der Waals surface area contributed by atoms with E-state index >= 15 is 0 Å². The van der Waals surface area contributed by atoms with Gasteiger partial charge in [0.25, 0.3) is 0 Å². The van der Waals surface area contributed by atoms with Gasteiger partial charge in [-0.05, 0) is 13.1 Å². The van der Waals surface area contributed by atoms with Crippen LogP contribution in [0.25, 0.3) is 0 Å². The van der Waals surface area contributed by atoms with Crippen LogP contribution in [0.1, 0.15) is 32.6 Å². The van der Waals surface area contributed by atoms with Crippen LogP contribution in [0.4, 0.5) is 0 Å². The molecule has 4 atom stereocenters. The van der Waals surface area contributed by atoms with E-state index in [2.05, 4.69) is 6.92 Å². The van der Waals surface area contributed by atoms with Gasteiger partial charge in [-0.1, -0.05) is 13.3 Å². The highest BCUT2D eigenvalue weighted by molar-refractivity contribution is 7.62. The van der Waals surface area contributed by atoms with Gasteiger partial charge in [0, 0.05) is 19.0 Å². The van der Waals surface area contributed by atoms with E-state index in [-0.39, 0.29) is 0 Å². The number of unbranched alkanes of at least 4 members (excludes halogenated alkanes) is 1. The Balaban J connectivity index is 1.65. The first-order valence-electron chi connectivity index (χ1n) is 5.93. The molecule has 3 nitrogen and oxygen atoms in total. The molecule has 0 radical (unpaired) electrons. The highest BCUT2D eigenvalue weighted by Crippen LogP contribution is 2.45. The molecule has 4 heteroatoms. The van der Waals surface area contributed by atoms with Crippen molar-refractivity contribution < 1.29 is 14.0 Å². The summed E-state index contributed by atoms with van der Waals surface area (Å²) in [5.41, 5.74) is 0. The summed E-state index contributed by atoms with van der Waals surface area (Å²) in [5, 5.41) is 0. The predicted molar refractivity (Wildman–Crippen MR) is 60.9 cm³/mol. The largest absolute Gasteiger partial charge is 0.370 e. The van der Waals surface area contributed by atoms with Crippen molar-refractivity contribution in [3.63, 3.8) is 0 Å². The molecule has 88 valence electrons. The van der Waals surface area contributed by atoms with Crippen molar-refractivity contribution in [2.45, 2.75) is 50.9 Å². The van der Waals surface area contributed by atoms with Gasteiger partial charge in [0.1, 0.15) is 7.14 Å². The molecule has 0 aromatic rings. The second-order valence-electron chi connectivity index (χ2n) is 4.98. The highest BCUT2D eigenvalue weighted by atomic mass is 31.2. The molecule has 2 rings (SSSR count). The normalized spacial score (nSPS) is 37.3. The SMILES string of the molecule is CCCCP(C)(=O)CO[C@H]1C[C@@H]2O[C@@H]2C1. The summed E-state index contributed by atoms with van der Waals surface area (Å²) in [6.07, 6.45) is 6.72. The third-order valence-electron chi connectivity index (χ3n) is 3.25. The molecule has 1 aliphatic heterocycles. The summed E-state index contributed by atoms with van der Waals surface area (Å²) >= 11 is 0.